The van der Waals surface area contributed by atoms with E-state index in [2.05, 4.69) is 15.9 Å². The minimum absolute atomic E-state index is 0.133. The molecule has 0 radical (unpaired) electrons. The first kappa shape index (κ1) is 27.9. The van der Waals surface area contributed by atoms with Crippen molar-refractivity contribution in [1.82, 2.24) is 4.90 Å². The van der Waals surface area contributed by atoms with Crippen molar-refractivity contribution in [3.8, 4) is 11.5 Å². The molecule has 0 unspecified atom stereocenters. The number of halogens is 2. The molecule has 0 spiro atoms. The van der Waals surface area contributed by atoms with Crippen molar-refractivity contribution in [3.05, 3.63) is 93.1 Å². The van der Waals surface area contributed by atoms with Crippen LogP contribution in [0.2, 0.25) is 0 Å². The molecule has 0 aromatic heterocycles. The summed E-state index contributed by atoms with van der Waals surface area (Å²) in [5.74, 6) is 0.661. The molecule has 0 aliphatic carbocycles. The van der Waals surface area contributed by atoms with Crippen LogP contribution < -0.4 is 9.47 Å². The van der Waals surface area contributed by atoms with Crippen LogP contribution in [0.3, 0.4) is 0 Å². The number of rotatable bonds is 11. The maximum atomic E-state index is 13.4. The Hall–Kier alpha value is -3.14. The van der Waals surface area contributed by atoms with Gasteiger partial charge in [-0.1, -0.05) is 46.3 Å². The lowest BCUT2D eigenvalue weighted by Gasteiger charge is -2.15. The molecule has 1 aliphatic rings. The van der Waals surface area contributed by atoms with Crippen LogP contribution in [0, 0.1) is 5.82 Å². The number of aliphatic imine (C=N–C) groups is 1. The zero-order valence-corrected chi connectivity index (χ0v) is 23.6. The Morgan fingerprint density at radius 2 is 1.74 bits per heavy atom. The van der Waals surface area contributed by atoms with Crippen LogP contribution in [-0.2, 0) is 16.1 Å². The van der Waals surface area contributed by atoms with Crippen molar-refractivity contribution in [3.63, 3.8) is 0 Å². The molecular weight excluding hydrogens is 571 g/mol. The first-order valence-corrected chi connectivity index (χ1v) is 13.9. The second kappa shape index (κ2) is 13.6. The van der Waals surface area contributed by atoms with Gasteiger partial charge in [-0.25, -0.2) is 9.38 Å². The van der Waals surface area contributed by atoms with Gasteiger partial charge >= 0.3 is 0 Å². The molecule has 38 heavy (non-hydrogen) atoms. The van der Waals surface area contributed by atoms with E-state index in [1.165, 1.54) is 23.9 Å². The molecule has 4 rings (SSSR count). The van der Waals surface area contributed by atoms with Gasteiger partial charge < -0.3 is 14.2 Å². The van der Waals surface area contributed by atoms with Crippen LogP contribution in [-0.4, -0.2) is 42.3 Å². The van der Waals surface area contributed by atoms with Crippen molar-refractivity contribution in [2.45, 2.75) is 20.5 Å². The molecule has 0 bridgehead atoms. The Bertz CT molecular complexity index is 1320. The molecule has 0 saturated carbocycles. The first-order valence-electron chi connectivity index (χ1n) is 12.2. The third-order valence-corrected chi connectivity index (χ3v) is 7.18. The molecule has 0 atom stereocenters. The highest BCUT2D eigenvalue weighted by molar-refractivity contribution is 9.10. The molecular formula is C29H28BrFN2O4S. The van der Waals surface area contributed by atoms with Gasteiger partial charge in [-0.15, -0.1) is 0 Å². The first-order chi connectivity index (χ1) is 18.5. The molecule has 0 N–H and O–H groups in total. The van der Waals surface area contributed by atoms with E-state index < -0.39 is 0 Å². The number of para-hydroxylation sites is 1. The molecule has 3 aromatic carbocycles. The van der Waals surface area contributed by atoms with Crippen LogP contribution in [0.25, 0.3) is 6.08 Å². The van der Waals surface area contributed by atoms with Crippen LogP contribution in [0.1, 0.15) is 25.0 Å². The zero-order valence-electron chi connectivity index (χ0n) is 21.2. The van der Waals surface area contributed by atoms with Crippen molar-refractivity contribution < 1.29 is 23.4 Å². The number of carbonyl (C=O) groups is 1. The average Bonchev–Trinajstić information content (AvgIpc) is 3.20. The fourth-order valence-corrected chi connectivity index (χ4v) is 5.08. The van der Waals surface area contributed by atoms with Gasteiger partial charge in [-0.2, -0.15) is 0 Å². The normalized spacial score (nSPS) is 15.5. The molecule has 1 fully saturated rings. The summed E-state index contributed by atoms with van der Waals surface area (Å²) in [6.07, 6.45) is 1.82. The number of benzene rings is 3. The van der Waals surface area contributed by atoms with E-state index in [4.69, 9.17) is 19.2 Å². The van der Waals surface area contributed by atoms with Gasteiger partial charge in [0.1, 0.15) is 12.4 Å². The Morgan fingerprint density at radius 1 is 1.00 bits per heavy atom. The number of hydrogen-bond donors (Lipinski definition) is 0. The summed E-state index contributed by atoms with van der Waals surface area (Å²) >= 11 is 4.94. The van der Waals surface area contributed by atoms with E-state index >= 15 is 0 Å². The molecule has 1 aliphatic heterocycles. The minimum Gasteiger partial charge on any atom is -0.490 e. The van der Waals surface area contributed by atoms with Gasteiger partial charge in [0.05, 0.1) is 30.4 Å². The molecule has 198 valence electrons. The molecule has 1 heterocycles. The van der Waals surface area contributed by atoms with Gasteiger partial charge in [-0.05, 0) is 79.2 Å². The minimum atomic E-state index is -0.295. The second-order valence-corrected chi connectivity index (χ2v) is 10.0. The number of amidine groups is 1. The third kappa shape index (κ3) is 7.24. The van der Waals surface area contributed by atoms with E-state index in [1.54, 1.807) is 17.0 Å². The zero-order chi connectivity index (χ0) is 26.9. The Kier molecular flexibility index (Phi) is 9.98. The number of amides is 1. The number of ether oxygens (including phenoxy) is 3. The number of carbonyl (C=O) groups excluding carboxylic acids is 1. The highest BCUT2D eigenvalue weighted by Crippen LogP contribution is 2.39. The van der Waals surface area contributed by atoms with E-state index in [1.807, 2.05) is 62.4 Å². The quantitative estimate of drug-likeness (QED) is 0.172. The molecule has 6 nitrogen and oxygen atoms in total. The summed E-state index contributed by atoms with van der Waals surface area (Å²) in [6.45, 7) is 5.92. The van der Waals surface area contributed by atoms with Crippen molar-refractivity contribution in [2.75, 3.05) is 26.4 Å². The number of nitrogens with zero attached hydrogens (tertiary/aromatic N) is 2. The lowest BCUT2D eigenvalue weighted by Crippen LogP contribution is -2.32. The van der Waals surface area contributed by atoms with Gasteiger partial charge in [0.2, 0.25) is 0 Å². The number of thioether (sulfide) groups is 1. The summed E-state index contributed by atoms with van der Waals surface area (Å²) < 4.78 is 31.3. The Labute approximate surface area is 234 Å². The van der Waals surface area contributed by atoms with Crippen LogP contribution >= 0.6 is 27.7 Å². The van der Waals surface area contributed by atoms with Gasteiger partial charge in [0.15, 0.2) is 16.7 Å². The maximum absolute atomic E-state index is 13.4. The monoisotopic (exact) mass is 598 g/mol. The molecule has 1 amide bonds. The predicted octanol–water partition coefficient (Wildman–Crippen LogP) is 7.21. The van der Waals surface area contributed by atoms with Crippen LogP contribution in [0.15, 0.2) is 81.1 Å². The lowest BCUT2D eigenvalue weighted by atomic mass is 10.1. The van der Waals surface area contributed by atoms with Crippen molar-refractivity contribution in [1.29, 1.82) is 0 Å². The number of hydrogen-bond acceptors (Lipinski definition) is 6. The third-order valence-electron chi connectivity index (χ3n) is 5.49. The van der Waals surface area contributed by atoms with Gasteiger partial charge in [0, 0.05) is 11.1 Å². The van der Waals surface area contributed by atoms with Crippen molar-refractivity contribution >= 4 is 50.5 Å². The average molecular weight is 600 g/mol. The summed E-state index contributed by atoms with van der Waals surface area (Å²) in [5, 5.41) is 0.604. The van der Waals surface area contributed by atoms with Gasteiger partial charge in [-0.3, -0.25) is 9.69 Å². The summed E-state index contributed by atoms with van der Waals surface area (Å²) in [7, 11) is 0. The van der Waals surface area contributed by atoms with E-state index in [0.29, 0.717) is 47.9 Å². The smallest absolute Gasteiger partial charge is 0.266 e. The lowest BCUT2D eigenvalue weighted by molar-refractivity contribution is -0.122. The molecule has 1 saturated heterocycles. The SMILES string of the molecule is CCOCCN1C(=O)/C(=C/c2cc(OCC)c(OCc3ccc(F)cc3)cc2Br)SC1=Nc1ccccc1. The van der Waals surface area contributed by atoms with Crippen LogP contribution in [0.4, 0.5) is 10.1 Å². The fourth-order valence-electron chi connectivity index (χ4n) is 3.63. The largest absolute Gasteiger partial charge is 0.490 e. The highest BCUT2D eigenvalue weighted by Gasteiger charge is 2.33. The van der Waals surface area contributed by atoms with Crippen molar-refractivity contribution in [2.24, 2.45) is 4.99 Å². The summed E-state index contributed by atoms with van der Waals surface area (Å²) in [4.78, 5) is 20.3. The predicted molar refractivity (Wildman–Crippen MR) is 153 cm³/mol. The van der Waals surface area contributed by atoms with Gasteiger partial charge in [0.25, 0.3) is 5.91 Å². The van der Waals surface area contributed by atoms with E-state index in [0.717, 1.165) is 21.3 Å². The molecule has 3 aromatic rings. The highest BCUT2D eigenvalue weighted by atomic mass is 79.9. The Balaban J connectivity index is 1.61. The maximum Gasteiger partial charge on any atom is 0.266 e. The topological polar surface area (TPSA) is 60.4 Å². The van der Waals surface area contributed by atoms with E-state index in [9.17, 15) is 9.18 Å². The fraction of sp³-hybridized carbons (Fsp3) is 0.241. The Morgan fingerprint density at radius 3 is 2.45 bits per heavy atom. The molecule has 9 heteroatoms. The van der Waals surface area contributed by atoms with Crippen LogP contribution in [0.5, 0.6) is 11.5 Å². The standard InChI is InChI=1S/C29H28BrFN2O4S/c1-3-35-15-14-33-28(34)27(38-29(33)32-23-8-6-5-7-9-23)17-21-16-25(36-4-2)26(18-24(21)30)37-19-20-10-12-22(31)13-11-20/h5-13,16-18H,3-4,14-15,19H2,1-2H3/b27-17-,32-29?. The summed E-state index contributed by atoms with van der Waals surface area (Å²) in [6, 6.07) is 19.4. The summed E-state index contributed by atoms with van der Waals surface area (Å²) in [5.41, 5.74) is 2.37. The van der Waals surface area contributed by atoms with E-state index in [-0.39, 0.29) is 18.3 Å². The second-order valence-electron chi connectivity index (χ2n) is 8.16.